The normalized spacial score (nSPS) is 12.5. The molecule has 0 amide bonds. The molecule has 1 aliphatic heterocycles. The fraction of sp³-hybridized carbons (Fsp3) is 0.562. The Bertz CT molecular complexity index is 509. The fourth-order valence-corrected chi connectivity index (χ4v) is 2.07. The number of nitrogens with zero attached hydrogens (tertiary/aromatic N) is 1. The number of nitrogens with one attached hydrogen (secondary N) is 1. The van der Waals surface area contributed by atoms with E-state index in [0.29, 0.717) is 18.9 Å². The van der Waals surface area contributed by atoms with Gasteiger partial charge in [0, 0.05) is 24.6 Å². The van der Waals surface area contributed by atoms with Gasteiger partial charge < -0.3 is 19.5 Å². The second-order valence-electron chi connectivity index (χ2n) is 5.45. The van der Waals surface area contributed by atoms with Crippen LogP contribution in [0.3, 0.4) is 0 Å². The van der Waals surface area contributed by atoms with Crippen molar-refractivity contribution in [1.29, 1.82) is 5.26 Å². The van der Waals surface area contributed by atoms with Gasteiger partial charge in [0.2, 0.25) is 6.79 Å². The molecular formula is C16H22N2O3. The highest BCUT2D eigenvalue weighted by Crippen LogP contribution is 2.38. The van der Waals surface area contributed by atoms with Crippen LogP contribution in [0.4, 0.5) is 0 Å². The lowest BCUT2D eigenvalue weighted by Gasteiger charge is -2.14. The Morgan fingerprint density at radius 3 is 2.81 bits per heavy atom. The average molecular weight is 290 g/mol. The smallest absolute Gasteiger partial charge is 0.231 e. The van der Waals surface area contributed by atoms with Crippen LogP contribution in [-0.2, 0) is 6.54 Å². The molecule has 0 radical (unpaired) electrons. The number of ether oxygens (including phenoxy) is 3. The summed E-state index contributed by atoms with van der Waals surface area (Å²) >= 11 is 0. The molecule has 0 atom stereocenters. The molecule has 1 heterocycles. The lowest BCUT2D eigenvalue weighted by molar-refractivity contribution is 0.173. The first-order chi connectivity index (χ1) is 10.2. The SMILES string of the molecule is CC(C)CNCc1cc2c(cc1OCCCC#N)OCO2. The van der Waals surface area contributed by atoms with Gasteiger partial charge in [-0.1, -0.05) is 13.8 Å². The third-order valence-electron chi connectivity index (χ3n) is 3.11. The van der Waals surface area contributed by atoms with Gasteiger partial charge in [0.25, 0.3) is 0 Å². The van der Waals surface area contributed by atoms with Crippen LogP contribution < -0.4 is 19.5 Å². The highest BCUT2D eigenvalue weighted by atomic mass is 16.7. The first-order valence-corrected chi connectivity index (χ1v) is 7.33. The second-order valence-corrected chi connectivity index (χ2v) is 5.45. The predicted octanol–water partition coefficient (Wildman–Crippen LogP) is 2.84. The molecule has 2 rings (SSSR count). The number of nitriles is 1. The Hall–Kier alpha value is -1.93. The van der Waals surface area contributed by atoms with Crippen molar-refractivity contribution in [3.05, 3.63) is 17.7 Å². The van der Waals surface area contributed by atoms with Crippen LogP contribution >= 0.6 is 0 Å². The van der Waals surface area contributed by atoms with Crippen LogP contribution in [0.15, 0.2) is 12.1 Å². The number of rotatable bonds is 8. The molecule has 1 N–H and O–H groups in total. The molecule has 0 aromatic heterocycles. The maximum atomic E-state index is 8.56. The summed E-state index contributed by atoms with van der Waals surface area (Å²) in [6, 6.07) is 5.96. The Labute approximate surface area is 125 Å². The largest absolute Gasteiger partial charge is 0.493 e. The van der Waals surface area contributed by atoms with Gasteiger partial charge in [-0.05, 0) is 24.9 Å². The standard InChI is InChI=1S/C16H22N2O3/c1-12(2)9-18-10-13-7-15-16(21-11-20-15)8-14(13)19-6-4-3-5-17/h7-8,12,18H,3-4,6,9-11H2,1-2H3. The zero-order valence-electron chi connectivity index (χ0n) is 12.6. The Morgan fingerprint density at radius 1 is 1.33 bits per heavy atom. The quantitative estimate of drug-likeness (QED) is 0.746. The third-order valence-corrected chi connectivity index (χ3v) is 3.11. The van der Waals surface area contributed by atoms with Crippen LogP contribution in [0.2, 0.25) is 0 Å². The lowest BCUT2D eigenvalue weighted by atomic mass is 10.1. The summed E-state index contributed by atoms with van der Waals surface area (Å²) in [5.41, 5.74) is 1.05. The molecule has 0 fully saturated rings. The van der Waals surface area contributed by atoms with Gasteiger partial charge in [-0.15, -0.1) is 0 Å². The lowest BCUT2D eigenvalue weighted by Crippen LogP contribution is -2.19. The van der Waals surface area contributed by atoms with Crippen molar-refractivity contribution in [2.24, 2.45) is 5.92 Å². The van der Waals surface area contributed by atoms with Crippen molar-refractivity contribution in [3.63, 3.8) is 0 Å². The first-order valence-electron chi connectivity index (χ1n) is 7.33. The molecule has 0 saturated carbocycles. The van der Waals surface area contributed by atoms with Gasteiger partial charge in [-0.3, -0.25) is 0 Å². The van der Waals surface area contributed by atoms with Crippen molar-refractivity contribution in [2.45, 2.75) is 33.2 Å². The number of unbranched alkanes of at least 4 members (excludes halogenated alkanes) is 1. The topological polar surface area (TPSA) is 63.5 Å². The highest BCUT2D eigenvalue weighted by Gasteiger charge is 2.18. The van der Waals surface area contributed by atoms with E-state index in [4.69, 9.17) is 19.5 Å². The molecule has 5 nitrogen and oxygen atoms in total. The minimum Gasteiger partial charge on any atom is -0.493 e. The van der Waals surface area contributed by atoms with Crippen LogP contribution in [0.25, 0.3) is 0 Å². The summed E-state index contributed by atoms with van der Waals surface area (Å²) < 4.78 is 16.6. The molecule has 0 bridgehead atoms. The van der Waals surface area contributed by atoms with Crippen LogP contribution in [0.1, 0.15) is 32.3 Å². The van der Waals surface area contributed by atoms with Gasteiger partial charge in [0.15, 0.2) is 11.5 Å². The first kappa shape index (κ1) is 15.5. The third kappa shape index (κ3) is 4.54. The molecule has 5 heteroatoms. The summed E-state index contributed by atoms with van der Waals surface area (Å²) in [6.07, 6.45) is 1.23. The van der Waals surface area contributed by atoms with Gasteiger partial charge in [0.05, 0.1) is 12.7 Å². The van der Waals surface area contributed by atoms with E-state index in [1.807, 2.05) is 12.1 Å². The van der Waals surface area contributed by atoms with E-state index in [1.165, 1.54) is 0 Å². The summed E-state index contributed by atoms with van der Waals surface area (Å²) in [7, 11) is 0. The summed E-state index contributed by atoms with van der Waals surface area (Å²) in [4.78, 5) is 0. The van der Waals surface area contributed by atoms with Crippen molar-refractivity contribution < 1.29 is 14.2 Å². The highest BCUT2D eigenvalue weighted by molar-refractivity contribution is 5.51. The number of fused-ring (bicyclic) bond motifs is 1. The molecule has 114 valence electrons. The van der Waals surface area contributed by atoms with Crippen LogP contribution in [-0.4, -0.2) is 19.9 Å². The van der Waals surface area contributed by atoms with Crippen molar-refractivity contribution in [3.8, 4) is 23.3 Å². The van der Waals surface area contributed by atoms with Crippen molar-refractivity contribution in [1.82, 2.24) is 5.32 Å². The van der Waals surface area contributed by atoms with Gasteiger partial charge in [-0.2, -0.15) is 5.26 Å². The zero-order valence-corrected chi connectivity index (χ0v) is 12.6. The Morgan fingerprint density at radius 2 is 2.10 bits per heavy atom. The van der Waals surface area contributed by atoms with E-state index in [-0.39, 0.29) is 6.79 Å². The fourth-order valence-electron chi connectivity index (χ4n) is 2.07. The van der Waals surface area contributed by atoms with E-state index < -0.39 is 0 Å². The van der Waals surface area contributed by atoms with Crippen LogP contribution in [0, 0.1) is 17.2 Å². The molecule has 0 saturated heterocycles. The van der Waals surface area contributed by atoms with Crippen molar-refractivity contribution >= 4 is 0 Å². The van der Waals surface area contributed by atoms with Gasteiger partial charge in [-0.25, -0.2) is 0 Å². The molecule has 1 aromatic rings. The molecule has 1 aromatic carbocycles. The molecule has 0 aliphatic carbocycles. The monoisotopic (exact) mass is 290 g/mol. The van der Waals surface area contributed by atoms with E-state index in [2.05, 4.69) is 25.2 Å². The van der Waals surface area contributed by atoms with E-state index in [1.54, 1.807) is 0 Å². The number of benzene rings is 1. The second kappa shape index (κ2) is 7.75. The maximum Gasteiger partial charge on any atom is 0.231 e. The van der Waals surface area contributed by atoms with Gasteiger partial charge >= 0.3 is 0 Å². The number of hydrogen-bond acceptors (Lipinski definition) is 5. The minimum atomic E-state index is 0.256. The molecule has 0 spiro atoms. The summed E-state index contributed by atoms with van der Waals surface area (Å²) in [6.45, 7) is 6.80. The Balaban J connectivity index is 2.02. The molecular weight excluding hydrogens is 268 g/mol. The minimum absolute atomic E-state index is 0.256. The summed E-state index contributed by atoms with van der Waals surface area (Å²) in [5.74, 6) is 2.88. The molecule has 0 unspecified atom stereocenters. The Kier molecular flexibility index (Phi) is 5.70. The molecule has 21 heavy (non-hydrogen) atoms. The van der Waals surface area contributed by atoms with Crippen molar-refractivity contribution in [2.75, 3.05) is 19.9 Å². The number of hydrogen-bond donors (Lipinski definition) is 1. The van der Waals surface area contributed by atoms with E-state index >= 15 is 0 Å². The van der Waals surface area contributed by atoms with Crippen LogP contribution in [0.5, 0.6) is 17.2 Å². The molecule has 1 aliphatic rings. The average Bonchev–Trinajstić information content (AvgIpc) is 2.90. The zero-order chi connectivity index (χ0) is 15.1. The maximum absolute atomic E-state index is 8.56. The summed E-state index contributed by atoms with van der Waals surface area (Å²) in [5, 5.41) is 12.0. The van der Waals surface area contributed by atoms with E-state index in [9.17, 15) is 0 Å². The predicted molar refractivity (Wildman–Crippen MR) is 79.5 cm³/mol. The van der Waals surface area contributed by atoms with Gasteiger partial charge in [0.1, 0.15) is 5.75 Å². The van der Waals surface area contributed by atoms with E-state index in [0.717, 1.165) is 42.3 Å².